The molecular formula is C22H17ClN2O5S. The van der Waals surface area contributed by atoms with Crippen molar-refractivity contribution in [2.45, 2.75) is 11.8 Å². The minimum Gasteiger partial charge on any atom is -0.465 e. The van der Waals surface area contributed by atoms with Gasteiger partial charge < -0.3 is 9.47 Å². The van der Waals surface area contributed by atoms with Crippen molar-refractivity contribution in [3.05, 3.63) is 82.4 Å². The van der Waals surface area contributed by atoms with Crippen molar-refractivity contribution in [1.29, 1.82) is 5.26 Å². The molecule has 0 spiro atoms. The predicted octanol–water partition coefficient (Wildman–Crippen LogP) is 4.90. The number of aryl methyl sites for hydroxylation is 1. The number of methoxy groups -OCH3 is 1. The fourth-order valence-corrected chi connectivity index (χ4v) is 4.02. The number of rotatable bonds is 6. The predicted molar refractivity (Wildman–Crippen MR) is 116 cm³/mol. The number of benzene rings is 3. The van der Waals surface area contributed by atoms with E-state index in [-0.39, 0.29) is 32.5 Å². The molecule has 0 amide bonds. The van der Waals surface area contributed by atoms with Gasteiger partial charge >= 0.3 is 5.97 Å². The minimum atomic E-state index is -3.93. The lowest BCUT2D eigenvalue weighted by atomic mass is 10.1. The Morgan fingerprint density at radius 1 is 1.10 bits per heavy atom. The highest BCUT2D eigenvalue weighted by atomic mass is 35.5. The van der Waals surface area contributed by atoms with Gasteiger partial charge in [-0.1, -0.05) is 23.7 Å². The zero-order chi connectivity index (χ0) is 22.6. The maximum Gasteiger partial charge on any atom is 0.337 e. The number of nitriles is 1. The lowest BCUT2D eigenvalue weighted by Crippen LogP contribution is -2.14. The smallest absolute Gasteiger partial charge is 0.337 e. The lowest BCUT2D eigenvalue weighted by molar-refractivity contribution is 0.0600. The number of nitrogens with zero attached hydrogens (tertiary/aromatic N) is 1. The topological polar surface area (TPSA) is 105 Å². The van der Waals surface area contributed by atoms with Crippen LogP contribution in [0.25, 0.3) is 0 Å². The molecule has 31 heavy (non-hydrogen) atoms. The van der Waals surface area contributed by atoms with Gasteiger partial charge in [0.25, 0.3) is 10.0 Å². The number of anilines is 1. The number of nitrogens with one attached hydrogen (secondary N) is 1. The normalized spacial score (nSPS) is 10.8. The molecule has 3 aromatic rings. The first kappa shape index (κ1) is 22.2. The second-order valence-electron chi connectivity index (χ2n) is 6.43. The summed E-state index contributed by atoms with van der Waals surface area (Å²) in [7, 11) is -2.68. The van der Waals surface area contributed by atoms with Crippen LogP contribution in [0.3, 0.4) is 0 Å². The first-order chi connectivity index (χ1) is 14.7. The minimum absolute atomic E-state index is 0.00526. The van der Waals surface area contributed by atoms with Gasteiger partial charge in [-0.3, -0.25) is 4.72 Å². The summed E-state index contributed by atoms with van der Waals surface area (Å²) >= 11 is 5.99. The molecule has 3 rings (SSSR count). The molecule has 0 atom stereocenters. The van der Waals surface area contributed by atoms with Crippen molar-refractivity contribution in [2.24, 2.45) is 0 Å². The second-order valence-corrected chi connectivity index (χ2v) is 8.51. The quantitative estimate of drug-likeness (QED) is 0.529. The van der Waals surface area contributed by atoms with Crippen LogP contribution in [0, 0.1) is 18.3 Å². The molecule has 0 aliphatic heterocycles. The van der Waals surface area contributed by atoms with E-state index in [0.717, 1.165) is 0 Å². The average molecular weight is 457 g/mol. The van der Waals surface area contributed by atoms with E-state index in [9.17, 15) is 18.5 Å². The number of carbonyl (C=O) groups is 1. The molecule has 0 bridgehead atoms. The monoisotopic (exact) mass is 456 g/mol. The number of carbonyl (C=O) groups excluding carboxylic acids is 1. The SMILES string of the molecule is COC(=O)c1ccc(C)c(NS(=O)(=O)c2ccc(Oc3cccc(Cl)c3C#N)cc2)c1. The molecule has 7 nitrogen and oxygen atoms in total. The van der Waals surface area contributed by atoms with Crippen LogP contribution in [0.15, 0.2) is 65.6 Å². The van der Waals surface area contributed by atoms with Crippen molar-refractivity contribution >= 4 is 33.3 Å². The van der Waals surface area contributed by atoms with Gasteiger partial charge in [0.05, 0.1) is 28.3 Å². The third-order valence-corrected chi connectivity index (χ3v) is 6.05. The third kappa shape index (κ3) is 4.97. The van der Waals surface area contributed by atoms with Crippen LogP contribution >= 0.6 is 11.6 Å². The zero-order valence-electron chi connectivity index (χ0n) is 16.5. The molecule has 3 aromatic carbocycles. The first-order valence-corrected chi connectivity index (χ1v) is 10.8. The summed E-state index contributed by atoms with van der Waals surface area (Å²) in [5.74, 6) is 0.0280. The fourth-order valence-electron chi connectivity index (χ4n) is 2.69. The Hall–Kier alpha value is -3.54. The first-order valence-electron chi connectivity index (χ1n) is 8.93. The molecule has 0 saturated heterocycles. The number of halogens is 1. The Kier molecular flexibility index (Phi) is 6.49. The molecule has 0 radical (unpaired) electrons. The Balaban J connectivity index is 1.83. The van der Waals surface area contributed by atoms with Gasteiger partial charge in [0, 0.05) is 0 Å². The van der Waals surface area contributed by atoms with E-state index in [0.29, 0.717) is 11.3 Å². The summed E-state index contributed by atoms with van der Waals surface area (Å²) < 4.78 is 38.4. The Labute approximate surface area is 184 Å². The number of sulfonamides is 1. The molecule has 158 valence electrons. The van der Waals surface area contributed by atoms with Gasteiger partial charge in [-0.25, -0.2) is 13.2 Å². The molecule has 0 aliphatic carbocycles. The maximum atomic E-state index is 12.8. The van der Waals surface area contributed by atoms with Crippen molar-refractivity contribution < 1.29 is 22.7 Å². The van der Waals surface area contributed by atoms with Crippen LogP contribution in [0.4, 0.5) is 5.69 Å². The Morgan fingerprint density at radius 3 is 2.45 bits per heavy atom. The summed E-state index contributed by atoms with van der Waals surface area (Å²) in [6.07, 6.45) is 0. The lowest BCUT2D eigenvalue weighted by Gasteiger charge is -2.13. The highest BCUT2D eigenvalue weighted by Crippen LogP contribution is 2.30. The van der Waals surface area contributed by atoms with Crippen molar-refractivity contribution in [2.75, 3.05) is 11.8 Å². The fraction of sp³-hybridized carbons (Fsp3) is 0.0909. The highest BCUT2D eigenvalue weighted by Gasteiger charge is 2.17. The van der Waals surface area contributed by atoms with Crippen LogP contribution in [-0.4, -0.2) is 21.5 Å². The number of hydrogen-bond donors (Lipinski definition) is 1. The largest absolute Gasteiger partial charge is 0.465 e. The molecule has 9 heteroatoms. The Morgan fingerprint density at radius 2 is 1.81 bits per heavy atom. The van der Waals surface area contributed by atoms with E-state index < -0.39 is 16.0 Å². The molecule has 0 saturated carbocycles. The molecule has 0 fully saturated rings. The van der Waals surface area contributed by atoms with Crippen LogP contribution < -0.4 is 9.46 Å². The summed E-state index contributed by atoms with van der Waals surface area (Å²) in [4.78, 5) is 11.7. The summed E-state index contributed by atoms with van der Waals surface area (Å²) in [5, 5.41) is 9.49. The summed E-state index contributed by atoms with van der Waals surface area (Å²) in [5.41, 5.74) is 1.31. The van der Waals surface area contributed by atoms with Crippen LogP contribution in [0.2, 0.25) is 5.02 Å². The van der Waals surface area contributed by atoms with Gasteiger partial charge in [0.1, 0.15) is 23.1 Å². The zero-order valence-corrected chi connectivity index (χ0v) is 18.1. The molecular weight excluding hydrogens is 440 g/mol. The van der Waals surface area contributed by atoms with E-state index in [4.69, 9.17) is 16.3 Å². The van der Waals surface area contributed by atoms with E-state index in [2.05, 4.69) is 9.46 Å². The number of esters is 1. The van der Waals surface area contributed by atoms with Crippen molar-refractivity contribution in [1.82, 2.24) is 0 Å². The van der Waals surface area contributed by atoms with Gasteiger partial charge in [-0.05, 0) is 61.0 Å². The summed E-state index contributed by atoms with van der Waals surface area (Å²) in [6, 6.07) is 17.0. The number of hydrogen-bond acceptors (Lipinski definition) is 6. The van der Waals surface area contributed by atoms with Crippen LogP contribution in [0.5, 0.6) is 11.5 Å². The van der Waals surface area contributed by atoms with Crippen LogP contribution in [0.1, 0.15) is 21.5 Å². The third-order valence-electron chi connectivity index (χ3n) is 4.35. The molecule has 0 aliphatic rings. The Bertz CT molecular complexity index is 1280. The second kappa shape index (κ2) is 9.08. The summed E-state index contributed by atoms with van der Waals surface area (Å²) in [6.45, 7) is 1.72. The van der Waals surface area contributed by atoms with E-state index in [1.807, 2.05) is 6.07 Å². The van der Waals surface area contributed by atoms with E-state index >= 15 is 0 Å². The molecule has 0 heterocycles. The number of ether oxygens (including phenoxy) is 2. The molecule has 1 N–H and O–H groups in total. The molecule has 0 aromatic heterocycles. The maximum absolute atomic E-state index is 12.8. The highest BCUT2D eigenvalue weighted by molar-refractivity contribution is 7.92. The molecule has 0 unspecified atom stereocenters. The van der Waals surface area contributed by atoms with Crippen molar-refractivity contribution in [3.8, 4) is 17.6 Å². The van der Waals surface area contributed by atoms with Gasteiger partial charge in [-0.2, -0.15) is 5.26 Å². The van der Waals surface area contributed by atoms with Crippen LogP contribution in [-0.2, 0) is 14.8 Å². The van der Waals surface area contributed by atoms with Gasteiger partial charge in [0.2, 0.25) is 0 Å². The average Bonchev–Trinajstić information content (AvgIpc) is 2.75. The standard InChI is InChI=1S/C22H17ClN2O5S/c1-14-6-7-15(22(26)29-2)12-20(14)25-31(27,28)17-10-8-16(9-11-17)30-21-5-3-4-19(23)18(21)13-24/h3-12,25H,1-2H3. The van der Waals surface area contributed by atoms with Gasteiger partial charge in [-0.15, -0.1) is 0 Å². The van der Waals surface area contributed by atoms with Gasteiger partial charge in [0.15, 0.2) is 0 Å². The van der Waals surface area contributed by atoms with E-state index in [1.54, 1.807) is 37.3 Å². The van der Waals surface area contributed by atoms with E-state index in [1.165, 1.54) is 37.4 Å². The van der Waals surface area contributed by atoms with Crippen molar-refractivity contribution in [3.63, 3.8) is 0 Å².